The third-order valence-corrected chi connectivity index (χ3v) is 5.70. The van der Waals surface area contributed by atoms with E-state index in [0.29, 0.717) is 30.2 Å². The molecule has 0 unspecified atom stereocenters. The minimum atomic E-state index is -0.529. The molecule has 1 aliphatic heterocycles. The number of thiazole rings is 1. The van der Waals surface area contributed by atoms with E-state index in [9.17, 15) is 9.59 Å². The molecule has 0 spiro atoms. The van der Waals surface area contributed by atoms with E-state index in [1.807, 2.05) is 26.8 Å². The van der Waals surface area contributed by atoms with Crippen molar-refractivity contribution in [2.24, 2.45) is 0 Å². The molecular formula is C21H29N5O3S. The van der Waals surface area contributed by atoms with Crippen LogP contribution in [0.3, 0.4) is 0 Å². The van der Waals surface area contributed by atoms with Crippen molar-refractivity contribution in [3.63, 3.8) is 0 Å². The van der Waals surface area contributed by atoms with Crippen LogP contribution in [0, 0.1) is 0 Å². The van der Waals surface area contributed by atoms with E-state index in [1.54, 1.807) is 17.2 Å². The first kappa shape index (κ1) is 22.0. The summed E-state index contributed by atoms with van der Waals surface area (Å²) in [7, 11) is 0. The predicted molar refractivity (Wildman–Crippen MR) is 118 cm³/mol. The molecule has 0 aromatic carbocycles. The van der Waals surface area contributed by atoms with Gasteiger partial charge in [0.25, 0.3) is 5.91 Å². The number of pyridine rings is 1. The van der Waals surface area contributed by atoms with Crippen LogP contribution >= 0.6 is 11.3 Å². The average Bonchev–Trinajstić information content (AvgIpc) is 3.09. The molecule has 30 heavy (non-hydrogen) atoms. The summed E-state index contributed by atoms with van der Waals surface area (Å²) in [5, 5.41) is 3.39. The Morgan fingerprint density at radius 3 is 2.60 bits per heavy atom. The molecule has 2 aromatic heterocycles. The highest BCUT2D eigenvalue weighted by Gasteiger charge is 2.28. The van der Waals surface area contributed by atoms with Crippen LogP contribution in [0.25, 0.3) is 0 Å². The summed E-state index contributed by atoms with van der Waals surface area (Å²) in [6.07, 6.45) is 1.90. The molecule has 8 nitrogen and oxygen atoms in total. The van der Waals surface area contributed by atoms with E-state index < -0.39 is 5.60 Å². The van der Waals surface area contributed by atoms with E-state index in [2.05, 4.69) is 34.0 Å². The molecule has 2 aromatic rings. The van der Waals surface area contributed by atoms with E-state index in [1.165, 1.54) is 11.3 Å². The maximum atomic E-state index is 12.6. The van der Waals surface area contributed by atoms with Crippen LogP contribution in [-0.4, -0.2) is 52.1 Å². The Balaban J connectivity index is 1.64. The molecule has 9 heteroatoms. The fraction of sp³-hybridized carbons (Fsp3) is 0.524. The first-order valence-electron chi connectivity index (χ1n) is 10.2. The topological polar surface area (TPSA) is 87.7 Å². The molecule has 0 saturated heterocycles. The fourth-order valence-corrected chi connectivity index (χ4v) is 4.17. The first-order chi connectivity index (χ1) is 14.2. The molecule has 1 N–H and O–H groups in total. The van der Waals surface area contributed by atoms with Crippen LogP contribution in [0.1, 0.15) is 55.5 Å². The molecular weight excluding hydrogens is 402 g/mol. The molecule has 162 valence electrons. The summed E-state index contributed by atoms with van der Waals surface area (Å²) >= 11 is 1.39. The van der Waals surface area contributed by atoms with Crippen molar-refractivity contribution in [1.29, 1.82) is 0 Å². The number of nitrogens with zero attached hydrogens (tertiary/aromatic N) is 4. The summed E-state index contributed by atoms with van der Waals surface area (Å²) in [6.45, 7) is 12.4. The van der Waals surface area contributed by atoms with Gasteiger partial charge in [-0.1, -0.05) is 11.3 Å². The minimum absolute atomic E-state index is 0.247. The number of anilines is 2. The lowest BCUT2D eigenvalue weighted by molar-refractivity contribution is 0.0225. The number of carbonyl (C=O) groups is 2. The number of hydrogen-bond donors (Lipinski definition) is 1. The van der Waals surface area contributed by atoms with Gasteiger partial charge in [0.1, 0.15) is 11.4 Å². The quantitative estimate of drug-likeness (QED) is 0.772. The molecule has 2 amide bonds. The van der Waals surface area contributed by atoms with Gasteiger partial charge in [0.2, 0.25) is 0 Å². The van der Waals surface area contributed by atoms with Gasteiger partial charge in [0.15, 0.2) is 5.13 Å². The van der Waals surface area contributed by atoms with Gasteiger partial charge in [-0.05, 0) is 46.8 Å². The van der Waals surface area contributed by atoms with Gasteiger partial charge in [-0.2, -0.15) is 0 Å². The Bertz CT molecular complexity index is 900. The van der Waals surface area contributed by atoms with Crippen molar-refractivity contribution in [2.75, 3.05) is 29.9 Å². The SMILES string of the molecule is CCN(CC)c1ccc(C(=O)Nc2nc3c(s2)CN(C(=O)OC(C)(C)C)CC3)cn1. The summed E-state index contributed by atoms with van der Waals surface area (Å²) in [5.74, 6) is 0.604. The smallest absolute Gasteiger partial charge is 0.410 e. The molecule has 3 rings (SSSR count). The Kier molecular flexibility index (Phi) is 6.60. The standard InChI is InChI=1S/C21H29N5O3S/c1-6-25(7-2)17-9-8-14(12-22-17)18(27)24-19-23-15-10-11-26(13-16(15)30-19)20(28)29-21(3,4)5/h8-9,12H,6-7,10-11,13H2,1-5H3,(H,23,24,27). The molecule has 0 radical (unpaired) electrons. The zero-order chi connectivity index (χ0) is 21.9. The molecule has 0 atom stereocenters. The number of hydrogen-bond acceptors (Lipinski definition) is 7. The first-order valence-corrected chi connectivity index (χ1v) is 11.0. The van der Waals surface area contributed by atoms with E-state index >= 15 is 0 Å². The van der Waals surface area contributed by atoms with Crippen molar-refractivity contribution in [2.45, 2.75) is 53.2 Å². The Morgan fingerprint density at radius 1 is 1.27 bits per heavy atom. The number of nitrogens with one attached hydrogen (secondary N) is 1. The highest BCUT2D eigenvalue weighted by atomic mass is 32.1. The zero-order valence-electron chi connectivity index (χ0n) is 18.2. The summed E-state index contributed by atoms with van der Waals surface area (Å²) < 4.78 is 5.46. The zero-order valence-corrected chi connectivity index (χ0v) is 19.0. The number of amides is 2. The number of aromatic nitrogens is 2. The molecule has 0 bridgehead atoms. The van der Waals surface area contributed by atoms with Gasteiger partial charge in [-0.25, -0.2) is 14.8 Å². The van der Waals surface area contributed by atoms with Crippen molar-refractivity contribution < 1.29 is 14.3 Å². The minimum Gasteiger partial charge on any atom is -0.444 e. The maximum Gasteiger partial charge on any atom is 0.410 e. The summed E-state index contributed by atoms with van der Waals surface area (Å²) in [5.41, 5.74) is 0.874. The van der Waals surface area contributed by atoms with Crippen LogP contribution in [0.2, 0.25) is 0 Å². The summed E-state index contributed by atoms with van der Waals surface area (Å²) in [4.78, 5) is 38.6. The van der Waals surface area contributed by atoms with E-state index in [4.69, 9.17) is 4.74 Å². The third-order valence-electron chi connectivity index (χ3n) is 4.70. The highest BCUT2D eigenvalue weighted by molar-refractivity contribution is 7.15. The Hall–Kier alpha value is -2.68. The number of carbonyl (C=O) groups excluding carboxylic acids is 2. The third kappa shape index (κ3) is 5.27. The highest BCUT2D eigenvalue weighted by Crippen LogP contribution is 2.29. The van der Waals surface area contributed by atoms with Gasteiger partial charge in [0, 0.05) is 37.1 Å². The van der Waals surface area contributed by atoms with Gasteiger partial charge >= 0.3 is 6.09 Å². The Labute approximate surface area is 181 Å². The van der Waals surface area contributed by atoms with E-state index in [-0.39, 0.29) is 12.0 Å². The van der Waals surface area contributed by atoms with Gasteiger partial charge in [-0.3, -0.25) is 10.1 Å². The van der Waals surface area contributed by atoms with Crippen LogP contribution in [-0.2, 0) is 17.7 Å². The Morgan fingerprint density at radius 2 is 2.00 bits per heavy atom. The number of fused-ring (bicyclic) bond motifs is 1. The van der Waals surface area contributed by atoms with Crippen LogP contribution < -0.4 is 10.2 Å². The fourth-order valence-electron chi connectivity index (χ4n) is 3.16. The van der Waals surface area contributed by atoms with Crippen LogP contribution in [0.15, 0.2) is 18.3 Å². The molecule has 3 heterocycles. The lowest BCUT2D eigenvalue weighted by atomic mass is 10.2. The van der Waals surface area contributed by atoms with Crippen molar-refractivity contribution in [1.82, 2.24) is 14.9 Å². The normalized spacial score (nSPS) is 13.6. The summed E-state index contributed by atoms with van der Waals surface area (Å²) in [6, 6.07) is 3.63. The molecule has 0 aliphatic carbocycles. The molecule has 0 fully saturated rings. The second kappa shape index (κ2) is 8.99. The van der Waals surface area contributed by atoms with Gasteiger partial charge in [0.05, 0.1) is 17.8 Å². The molecule has 0 saturated carbocycles. The monoisotopic (exact) mass is 431 g/mol. The predicted octanol–water partition coefficient (Wildman–Crippen LogP) is 3.93. The second-order valence-electron chi connectivity index (χ2n) is 8.07. The van der Waals surface area contributed by atoms with Gasteiger partial charge in [-0.15, -0.1) is 0 Å². The van der Waals surface area contributed by atoms with Crippen molar-refractivity contribution in [3.05, 3.63) is 34.5 Å². The van der Waals surface area contributed by atoms with Gasteiger partial charge < -0.3 is 14.5 Å². The second-order valence-corrected chi connectivity index (χ2v) is 9.16. The van der Waals surface area contributed by atoms with Crippen molar-refractivity contribution in [3.8, 4) is 0 Å². The van der Waals surface area contributed by atoms with E-state index in [0.717, 1.165) is 29.5 Å². The lowest BCUT2D eigenvalue weighted by Gasteiger charge is -2.29. The lowest BCUT2D eigenvalue weighted by Crippen LogP contribution is -2.39. The number of ether oxygens (including phenoxy) is 1. The molecule has 1 aliphatic rings. The average molecular weight is 432 g/mol. The number of rotatable bonds is 5. The maximum absolute atomic E-state index is 12.6. The van der Waals surface area contributed by atoms with Crippen LogP contribution in [0.5, 0.6) is 0 Å². The van der Waals surface area contributed by atoms with Crippen molar-refractivity contribution >= 4 is 34.3 Å². The largest absolute Gasteiger partial charge is 0.444 e. The van der Waals surface area contributed by atoms with Crippen LogP contribution in [0.4, 0.5) is 15.7 Å².